The summed E-state index contributed by atoms with van der Waals surface area (Å²) < 4.78 is 24.9. The predicted octanol–water partition coefficient (Wildman–Crippen LogP) is 12.5. The van der Waals surface area contributed by atoms with Crippen molar-refractivity contribution in [3.8, 4) is 0 Å². The number of piperidine rings is 3. The number of ether oxygens (including phenoxy) is 3. The fourth-order valence-corrected chi connectivity index (χ4v) is 17.3. The third-order valence-corrected chi connectivity index (χ3v) is 25.5. The van der Waals surface area contributed by atoms with Crippen molar-refractivity contribution in [3.63, 3.8) is 0 Å². The van der Waals surface area contributed by atoms with E-state index in [4.69, 9.17) is 106 Å². The summed E-state index contributed by atoms with van der Waals surface area (Å²) in [5.41, 5.74) is 37.3. The van der Waals surface area contributed by atoms with Crippen molar-refractivity contribution < 1.29 is 53.4 Å². The van der Waals surface area contributed by atoms with Crippen molar-refractivity contribution in [2.45, 2.75) is 184 Å². The fraction of sp³-hybridized carbons (Fsp3) is 0.521. The van der Waals surface area contributed by atoms with Gasteiger partial charge in [0.15, 0.2) is 16.9 Å². The number of hydrogen-bond acceptors (Lipinski definition) is 26. The van der Waals surface area contributed by atoms with Crippen LogP contribution in [0, 0.1) is 38.1 Å². The molecule has 634 valence electrons. The monoisotopic (exact) mass is 1830 g/mol. The molecule has 6 aliphatic heterocycles. The summed E-state index contributed by atoms with van der Waals surface area (Å²) in [5.74, 6) is 3.72. The minimum absolute atomic E-state index is 0. The maximum absolute atomic E-state index is 12.8. The Morgan fingerprint density at radius 2 is 0.839 bits per heavy atom. The molecule has 15 rings (SSSR count). The molecule has 0 bridgehead atoms. The molecule has 15 heterocycles. The number of carbonyl (C=O) groups is 2. The molecule has 0 saturated carbocycles. The van der Waals surface area contributed by atoms with Gasteiger partial charge in [0.25, 0.3) is 0 Å². The van der Waals surface area contributed by atoms with Crippen LogP contribution < -0.4 is 77.8 Å². The van der Waals surface area contributed by atoms with Crippen LogP contribution in [-0.4, -0.2) is 165 Å². The molecule has 45 heteroatoms. The topological polar surface area (TPSA) is 476 Å². The Hall–Kier alpha value is -7.55. The molecule has 6 aliphatic rings. The van der Waals surface area contributed by atoms with Crippen LogP contribution in [0.5, 0.6) is 0 Å². The van der Waals surface area contributed by atoms with Crippen molar-refractivity contribution in [1.29, 1.82) is 11.1 Å². The van der Waals surface area contributed by atoms with E-state index in [-0.39, 0.29) is 129 Å². The number of imidazole rings is 3. The van der Waals surface area contributed by atoms with Crippen LogP contribution in [0.25, 0.3) is 16.9 Å². The van der Waals surface area contributed by atoms with Gasteiger partial charge in [-0.05, 0) is 129 Å². The van der Waals surface area contributed by atoms with Gasteiger partial charge in [0.1, 0.15) is 17.5 Å². The molecule has 2 amide bonds. The molecule has 0 unspecified atom stereocenters. The fourth-order valence-electron chi connectivity index (χ4n) is 14.4. The van der Waals surface area contributed by atoms with Gasteiger partial charge in [0.05, 0.1) is 79.5 Å². The number of fused-ring (bicyclic) bond motifs is 3. The Morgan fingerprint density at radius 1 is 0.508 bits per heavy atom. The summed E-state index contributed by atoms with van der Waals surface area (Å²) >= 11 is 29.5. The number of nitrogens with two attached hydrogens (primary N) is 4. The number of aromatic nitrogens is 12. The molecule has 6 atom stereocenters. The first-order chi connectivity index (χ1) is 53.9. The zero-order valence-corrected chi connectivity index (χ0v) is 74.1. The van der Waals surface area contributed by atoms with Gasteiger partial charge in [0, 0.05) is 157 Å². The minimum atomic E-state index is -0.437. The van der Waals surface area contributed by atoms with Gasteiger partial charge in [-0.15, -0.1) is 12.4 Å². The Balaban J connectivity index is 0.000000243. The smallest absolute Gasteiger partial charge is 0.778 e. The van der Waals surface area contributed by atoms with Gasteiger partial charge in [-0.1, -0.05) is 128 Å². The third kappa shape index (κ3) is 22.8. The largest absolute Gasteiger partial charge is 1.00 e. The summed E-state index contributed by atoms with van der Waals surface area (Å²) in [6.07, 6.45) is 27.4. The summed E-state index contributed by atoms with van der Waals surface area (Å²) in [6, 6.07) is 5.46. The average Bonchev–Trinajstić information content (AvgIpc) is 1.61. The predicted molar refractivity (Wildman–Crippen MR) is 462 cm³/mol. The second kappa shape index (κ2) is 43.3. The first kappa shape index (κ1) is 99.3. The number of anilines is 6. The third-order valence-electron chi connectivity index (χ3n) is 20.9. The summed E-state index contributed by atoms with van der Waals surface area (Å²) in [4.78, 5) is 75.8. The molecule has 36 nitrogen and oxygen atoms in total. The molecule has 12 N–H and O–H groups in total. The molecule has 118 heavy (non-hydrogen) atoms. The van der Waals surface area contributed by atoms with E-state index in [0.717, 1.165) is 143 Å². The number of halogens is 5. The molecular formula is C73H103BrCl4N31NaO5S3. The Kier molecular flexibility index (Phi) is 36.4. The maximum atomic E-state index is 12.8. The van der Waals surface area contributed by atoms with Gasteiger partial charge >= 0.3 is 29.6 Å². The molecule has 9 aromatic rings. The van der Waals surface area contributed by atoms with E-state index in [0.29, 0.717) is 50.6 Å². The SMILES string of the molecule is C.C.C.C[C@@H]1OCC2(CCN(c3ncc(Br)c4nccn34)CC2)[C@@H]1NC(=O)C(C)(C)C.C[C@@H]1OCC2(CCN(c3ncc(Sc4ccnc(N)c4Cl)c4nccn34)CC2)[C@@H]1N.C[C@@H]1OCC2(CCN(c3ncc(Sc4ccnc(N)c4Cl)c4nccn34)CC2)[C@@H]1NC(=O)C(C)(C)C.Cl.N=N/N=N/N=N/N=N/N=N.Nc1nccc([S-])c1Cl.[Na+]. The Bertz CT molecular complexity index is 4920. The second-order valence-corrected chi connectivity index (χ2v) is 34.7. The van der Waals surface area contributed by atoms with Crippen molar-refractivity contribution in [3.05, 3.63) is 112 Å². The van der Waals surface area contributed by atoms with E-state index in [1.165, 1.54) is 29.7 Å². The van der Waals surface area contributed by atoms with Crippen LogP contribution >= 0.6 is 86.7 Å². The van der Waals surface area contributed by atoms with Gasteiger partial charge < -0.3 is 75.1 Å². The van der Waals surface area contributed by atoms with Crippen LogP contribution in [0.4, 0.5) is 35.3 Å². The van der Waals surface area contributed by atoms with Crippen LogP contribution in [0.15, 0.2) is 163 Å². The number of nitrogens with zero attached hydrogens (tertiary/aromatic N) is 23. The summed E-state index contributed by atoms with van der Waals surface area (Å²) in [6.45, 7) is 25.2. The molecule has 9 aromatic heterocycles. The average molecular weight is 1840 g/mol. The minimum Gasteiger partial charge on any atom is -0.778 e. The molecule has 0 aromatic carbocycles. The van der Waals surface area contributed by atoms with E-state index < -0.39 is 10.8 Å². The van der Waals surface area contributed by atoms with Crippen molar-refractivity contribution >= 4 is 163 Å². The standard InChI is InChI=1S/C25H32ClN7O2S.C20H28BrN5O2.C20H24ClN7OS.C5H5ClN2S.3CH4.ClH.H2N10.Na/c1-15-19(31-22(34)24(2,3)4)25(14-35-15)6-10-32(11-7-25)23-30-13-17(21-29-9-12-33(21)23)36-16-5-8-28-20(27)18(16)26;1-13-15(24-17(27)19(2,3)4)20(12-28-13)5-8-25(9-6-20)18-23-11-14(21)16-22-7-10-26(16)18;1-12-16(22)20(11-29-12)3-7-27(8-4-20)19-26-10-14(18-25-6-9-28(18)19)30-13-2-5-24-17(23)15(13)21;6-4-3(9)1-2-8-5(4)7;;;;;1-3-5-7-9-10-8-6-4-2;/h5,8-9,12-13,15,19H,6-7,10-11,14H2,1-4H3,(H2,27,28)(H,31,34);7,10-11,13,15H,5-6,8-9,12H2,1-4H3,(H,24,27);2,5-6,9-10,12,16H,3-4,7-8,11,22H2,1H3,(H2,23,24);1-2H,(H3,7,8,9);3*1H4;1H;1-2H;/q;;;;;;;;;+1/p-1/b;;;;;;;;3-1?,4-2?,7-5+,8-6+,10-9+;/t15-,19+;13-,15+;12-,16+;;;;;;;/m000......./s1. The van der Waals surface area contributed by atoms with Gasteiger partial charge in [0.2, 0.25) is 29.7 Å². The Labute approximate surface area is 751 Å². The maximum Gasteiger partial charge on any atom is 1.00 e. The second-order valence-electron chi connectivity index (χ2n) is 30.1. The van der Waals surface area contributed by atoms with E-state index in [1.54, 1.807) is 37.1 Å². The molecule has 6 fully saturated rings. The van der Waals surface area contributed by atoms with E-state index in [9.17, 15) is 9.59 Å². The van der Waals surface area contributed by atoms with Crippen LogP contribution in [0.1, 0.15) is 123 Å². The molecule has 0 aliphatic carbocycles. The summed E-state index contributed by atoms with van der Waals surface area (Å²) in [5, 5.41) is 29.7. The number of nitrogens with one attached hydrogen (secondary N) is 4. The number of pyridine rings is 3. The zero-order chi connectivity index (χ0) is 81.2. The van der Waals surface area contributed by atoms with Crippen molar-refractivity contribution in [2.75, 3.05) is 91.0 Å². The van der Waals surface area contributed by atoms with E-state index >= 15 is 0 Å². The van der Waals surface area contributed by atoms with Crippen LogP contribution in [0.2, 0.25) is 15.1 Å². The number of carbonyl (C=O) groups excluding carboxylic acids is 2. The normalized spacial score (nSPS) is 20.2. The van der Waals surface area contributed by atoms with Gasteiger partial charge in [-0.25, -0.2) is 44.9 Å². The number of nitrogen functional groups attached to an aromatic ring is 3. The van der Waals surface area contributed by atoms with Crippen LogP contribution in [0.3, 0.4) is 0 Å². The number of amides is 2. The number of rotatable bonds is 13. The molecular weight excluding hydrogens is 1730 g/mol. The quantitative estimate of drug-likeness (QED) is 0.0230. The molecule has 0 radical (unpaired) electrons. The van der Waals surface area contributed by atoms with Crippen LogP contribution in [-0.2, 0) is 36.4 Å². The molecule has 6 saturated heterocycles. The van der Waals surface area contributed by atoms with E-state index in [2.05, 4.69) is 139 Å². The summed E-state index contributed by atoms with van der Waals surface area (Å²) in [7, 11) is 0. The van der Waals surface area contributed by atoms with Crippen molar-refractivity contribution in [1.82, 2.24) is 68.7 Å². The van der Waals surface area contributed by atoms with Crippen molar-refractivity contribution in [2.24, 2.45) is 74.6 Å². The first-order valence-corrected chi connectivity index (χ1v) is 40.1. The van der Waals surface area contributed by atoms with Gasteiger partial charge in [-0.3, -0.25) is 22.8 Å². The zero-order valence-electron chi connectivity index (χ0n) is 65.0. The first-order valence-electron chi connectivity index (χ1n) is 36.2. The van der Waals surface area contributed by atoms with Gasteiger partial charge in [-0.2, -0.15) is 16.0 Å². The number of hydrogen-bond donors (Lipinski definition) is 8. The van der Waals surface area contributed by atoms with E-state index in [1.807, 2.05) is 104 Å². The Morgan fingerprint density at radius 3 is 1.19 bits per heavy atom. The molecule has 3 spiro atoms.